The van der Waals surface area contributed by atoms with Gasteiger partial charge in [-0.15, -0.1) is 0 Å². The number of likely N-dealkylation sites (tertiary alicyclic amines) is 1. The molecule has 0 saturated carbocycles. The predicted molar refractivity (Wildman–Crippen MR) is 168 cm³/mol. The van der Waals surface area contributed by atoms with Crippen molar-refractivity contribution in [2.45, 2.75) is 19.4 Å². The van der Waals surface area contributed by atoms with Gasteiger partial charge in [-0.3, -0.25) is 14.2 Å². The van der Waals surface area contributed by atoms with Crippen molar-refractivity contribution in [2.24, 2.45) is 5.92 Å². The topological polar surface area (TPSA) is 130 Å². The summed E-state index contributed by atoms with van der Waals surface area (Å²) in [4.78, 5) is 57.4. The molecule has 0 spiro atoms. The summed E-state index contributed by atoms with van der Waals surface area (Å²) in [5.74, 6) is 0.790. The third-order valence-electron chi connectivity index (χ3n) is 7.36. The van der Waals surface area contributed by atoms with Gasteiger partial charge in [0.25, 0.3) is 5.56 Å². The molecule has 1 amide bonds. The van der Waals surface area contributed by atoms with E-state index in [9.17, 15) is 14.4 Å². The molecule has 0 bridgehead atoms. The number of methoxy groups -OCH3 is 1. The molecule has 4 heterocycles. The number of anilines is 3. The number of ether oxygens (including phenoxy) is 1. The standard InChI is InChI=1S/C26H31N7O2.C4H8O2.CH2O/c1-3-23(34)32-17-19(18-32)10-11-33-24(35)9-4-20-16-27-26(29-25(20)33)28-21-5-7-22(8-6-21)31-14-12-30(2)13-15-31;1-6-4-2-3-5;1-2/h3-9,16,19H,1,10-15,17-18H2,2H3,(H,27,28,29);3H,2,4H2,1H3;1H2. The van der Waals surface area contributed by atoms with Gasteiger partial charge in [-0.05, 0) is 55.8 Å². The van der Waals surface area contributed by atoms with Gasteiger partial charge in [0.1, 0.15) is 18.7 Å². The SMILES string of the molecule is C=CC(=O)N1CC(CCn2c(=O)ccc3cnc(Nc4ccc(N5CCN(C)CC5)cc4)nc32)C1.C=O.COCCC=O. The first-order valence-corrected chi connectivity index (χ1v) is 14.2. The number of nitrogens with one attached hydrogen (secondary N) is 1. The number of likely N-dealkylation sites (N-methyl/N-ethyl adjacent to an activating group) is 1. The third-order valence-corrected chi connectivity index (χ3v) is 7.36. The van der Waals surface area contributed by atoms with E-state index in [-0.39, 0.29) is 11.5 Å². The maximum Gasteiger partial charge on any atom is 0.252 e. The van der Waals surface area contributed by atoms with E-state index in [1.165, 1.54) is 11.8 Å². The molecule has 0 aliphatic carbocycles. The Bertz CT molecular complexity index is 1400. The minimum absolute atomic E-state index is 0.0383. The van der Waals surface area contributed by atoms with E-state index in [4.69, 9.17) is 4.79 Å². The van der Waals surface area contributed by atoms with Gasteiger partial charge in [-0.2, -0.15) is 4.98 Å². The number of nitrogens with zero attached hydrogens (tertiary/aromatic N) is 6. The van der Waals surface area contributed by atoms with Crippen molar-refractivity contribution >= 4 is 47.3 Å². The van der Waals surface area contributed by atoms with Gasteiger partial charge < -0.3 is 34.3 Å². The minimum atomic E-state index is -0.0861. The Labute approximate surface area is 252 Å². The highest BCUT2D eigenvalue weighted by atomic mass is 16.5. The van der Waals surface area contributed by atoms with Crippen molar-refractivity contribution in [1.29, 1.82) is 0 Å². The number of hydrogen-bond acceptors (Lipinski definition) is 10. The number of rotatable bonds is 10. The van der Waals surface area contributed by atoms with Crippen LogP contribution in [-0.2, 0) is 25.7 Å². The molecule has 2 aromatic heterocycles. The molecule has 2 aliphatic heterocycles. The van der Waals surface area contributed by atoms with E-state index in [0.29, 0.717) is 50.2 Å². The molecule has 0 atom stereocenters. The number of aromatic nitrogens is 3. The summed E-state index contributed by atoms with van der Waals surface area (Å²) in [7, 11) is 3.73. The number of pyridine rings is 1. The summed E-state index contributed by atoms with van der Waals surface area (Å²) >= 11 is 0. The molecular formula is C31H41N7O5. The number of carbonyl (C=O) groups excluding carboxylic acids is 3. The quantitative estimate of drug-likeness (QED) is 0.213. The van der Waals surface area contributed by atoms with Crippen molar-refractivity contribution in [1.82, 2.24) is 24.3 Å². The second-order valence-electron chi connectivity index (χ2n) is 10.3. The van der Waals surface area contributed by atoms with Crippen molar-refractivity contribution in [2.75, 3.05) is 70.2 Å². The summed E-state index contributed by atoms with van der Waals surface area (Å²) in [6.07, 6.45) is 5.24. The normalized spacial score (nSPS) is 14.9. The zero-order valence-corrected chi connectivity index (χ0v) is 25.0. The lowest BCUT2D eigenvalue weighted by molar-refractivity contribution is -0.132. The number of benzene rings is 1. The molecule has 1 aromatic carbocycles. The van der Waals surface area contributed by atoms with E-state index < -0.39 is 0 Å². The van der Waals surface area contributed by atoms with Crippen LogP contribution in [-0.4, -0.2) is 103 Å². The molecule has 5 rings (SSSR count). The maximum absolute atomic E-state index is 12.6. The molecule has 3 aromatic rings. The lowest BCUT2D eigenvalue weighted by atomic mass is 9.96. The van der Waals surface area contributed by atoms with E-state index in [1.807, 2.05) is 18.9 Å². The molecule has 2 fully saturated rings. The number of aldehydes is 1. The van der Waals surface area contributed by atoms with Crippen LogP contribution >= 0.6 is 0 Å². The van der Waals surface area contributed by atoms with Crippen LogP contribution < -0.4 is 15.8 Å². The van der Waals surface area contributed by atoms with E-state index >= 15 is 0 Å². The van der Waals surface area contributed by atoms with Gasteiger partial charge in [0.05, 0.1) is 6.61 Å². The second-order valence-corrected chi connectivity index (χ2v) is 10.3. The Morgan fingerprint density at radius 3 is 2.40 bits per heavy atom. The number of fused-ring (bicyclic) bond motifs is 1. The fourth-order valence-corrected chi connectivity index (χ4v) is 4.84. The highest BCUT2D eigenvalue weighted by Crippen LogP contribution is 2.23. The number of hydrogen-bond donors (Lipinski definition) is 1. The molecule has 12 nitrogen and oxygen atoms in total. The van der Waals surface area contributed by atoms with Gasteiger partial charge in [0.15, 0.2) is 0 Å². The number of aryl methyl sites for hydroxylation is 1. The number of carbonyl (C=O) groups is 3. The Kier molecular flexibility index (Phi) is 13.0. The summed E-state index contributed by atoms with van der Waals surface area (Å²) in [6.45, 7) is 12.2. The van der Waals surface area contributed by atoms with Crippen LogP contribution in [0.3, 0.4) is 0 Å². The Hall–Kier alpha value is -4.42. The van der Waals surface area contributed by atoms with Gasteiger partial charge in [-0.25, -0.2) is 4.98 Å². The third kappa shape index (κ3) is 9.29. The highest BCUT2D eigenvalue weighted by Gasteiger charge is 2.29. The van der Waals surface area contributed by atoms with Crippen LogP contribution in [0, 0.1) is 5.92 Å². The Morgan fingerprint density at radius 1 is 1.09 bits per heavy atom. The Balaban J connectivity index is 0.000000566. The van der Waals surface area contributed by atoms with Crippen molar-refractivity contribution in [3.05, 3.63) is 65.6 Å². The number of amides is 1. The first-order valence-electron chi connectivity index (χ1n) is 14.2. The predicted octanol–water partition coefficient (Wildman–Crippen LogP) is 2.36. The molecule has 0 unspecified atom stereocenters. The first-order chi connectivity index (χ1) is 20.9. The lowest BCUT2D eigenvalue weighted by Gasteiger charge is -2.38. The average molecular weight is 592 g/mol. The lowest BCUT2D eigenvalue weighted by Crippen LogP contribution is -2.49. The summed E-state index contributed by atoms with van der Waals surface area (Å²) in [5, 5.41) is 4.09. The van der Waals surface area contributed by atoms with E-state index in [0.717, 1.165) is 50.0 Å². The Morgan fingerprint density at radius 2 is 1.79 bits per heavy atom. The molecule has 1 N–H and O–H groups in total. The van der Waals surface area contributed by atoms with Crippen molar-refractivity contribution in [3.8, 4) is 0 Å². The average Bonchev–Trinajstić information content (AvgIpc) is 3.02. The zero-order chi connectivity index (χ0) is 31.2. The monoisotopic (exact) mass is 591 g/mol. The summed E-state index contributed by atoms with van der Waals surface area (Å²) in [6, 6.07) is 11.6. The molecule has 230 valence electrons. The van der Waals surface area contributed by atoms with Crippen LogP contribution in [0.15, 0.2) is 60.0 Å². The number of piperazine rings is 1. The van der Waals surface area contributed by atoms with Gasteiger partial charge >= 0.3 is 0 Å². The summed E-state index contributed by atoms with van der Waals surface area (Å²) in [5.41, 5.74) is 2.63. The smallest absolute Gasteiger partial charge is 0.252 e. The van der Waals surface area contributed by atoms with Crippen LogP contribution in [0.25, 0.3) is 11.0 Å². The van der Waals surface area contributed by atoms with E-state index in [1.54, 1.807) is 34.9 Å². The van der Waals surface area contributed by atoms with Crippen molar-refractivity contribution in [3.63, 3.8) is 0 Å². The zero-order valence-electron chi connectivity index (χ0n) is 25.0. The molecular weight excluding hydrogens is 550 g/mol. The van der Waals surface area contributed by atoms with Gasteiger partial charge in [0, 0.05) is 88.4 Å². The first kappa shape index (κ1) is 33.1. The second kappa shape index (κ2) is 16.9. The fourth-order valence-electron chi connectivity index (χ4n) is 4.84. The summed E-state index contributed by atoms with van der Waals surface area (Å²) < 4.78 is 6.26. The fraction of sp³-hybridized carbons (Fsp3) is 0.419. The van der Waals surface area contributed by atoms with Crippen molar-refractivity contribution < 1.29 is 19.1 Å². The van der Waals surface area contributed by atoms with Crippen LogP contribution in [0.1, 0.15) is 12.8 Å². The largest absolute Gasteiger partial charge is 0.384 e. The molecule has 12 heteroatoms. The van der Waals surface area contributed by atoms with Gasteiger partial charge in [-0.1, -0.05) is 6.58 Å². The van der Waals surface area contributed by atoms with Gasteiger partial charge in [0.2, 0.25) is 11.9 Å². The van der Waals surface area contributed by atoms with E-state index in [2.05, 4.69) is 55.6 Å². The molecule has 2 saturated heterocycles. The minimum Gasteiger partial charge on any atom is -0.384 e. The van der Waals surface area contributed by atoms with Crippen LogP contribution in [0.2, 0.25) is 0 Å². The van der Waals surface area contributed by atoms with Crippen LogP contribution in [0.4, 0.5) is 17.3 Å². The molecule has 0 radical (unpaired) electrons. The highest BCUT2D eigenvalue weighted by molar-refractivity contribution is 5.87. The maximum atomic E-state index is 12.6. The molecule has 2 aliphatic rings. The van der Waals surface area contributed by atoms with Crippen LogP contribution in [0.5, 0.6) is 0 Å². The molecule has 43 heavy (non-hydrogen) atoms.